The SMILES string of the molecule is Cc1cnc(C)c(OC2CCN(C(C)c3nc4c(cc3F)OCCO4)CC2)n1. The minimum absolute atomic E-state index is 0.0799. The summed E-state index contributed by atoms with van der Waals surface area (Å²) in [5.41, 5.74) is 2.03. The topological polar surface area (TPSA) is 69.6 Å². The highest BCUT2D eigenvalue weighted by molar-refractivity contribution is 5.37. The predicted octanol–water partition coefficient (Wildman–Crippen LogP) is 3.00. The van der Waals surface area contributed by atoms with Crippen LogP contribution in [0.2, 0.25) is 0 Å². The van der Waals surface area contributed by atoms with E-state index in [2.05, 4.69) is 19.9 Å². The molecular formula is C20H25FN4O3. The Bertz CT molecular complexity index is 856. The van der Waals surface area contributed by atoms with E-state index in [9.17, 15) is 4.39 Å². The van der Waals surface area contributed by atoms with Crippen molar-refractivity contribution in [2.24, 2.45) is 0 Å². The molecule has 0 spiro atoms. The first kappa shape index (κ1) is 18.9. The Morgan fingerprint density at radius 1 is 1.18 bits per heavy atom. The maximum Gasteiger partial charge on any atom is 0.257 e. The monoisotopic (exact) mass is 388 g/mol. The van der Waals surface area contributed by atoms with E-state index in [1.165, 1.54) is 6.07 Å². The first-order valence-corrected chi connectivity index (χ1v) is 9.68. The van der Waals surface area contributed by atoms with Gasteiger partial charge in [0.1, 0.15) is 25.1 Å². The highest BCUT2D eigenvalue weighted by Gasteiger charge is 2.29. The van der Waals surface area contributed by atoms with Gasteiger partial charge in [-0.25, -0.2) is 14.4 Å². The van der Waals surface area contributed by atoms with E-state index < -0.39 is 0 Å². The molecule has 0 aliphatic carbocycles. The van der Waals surface area contributed by atoms with E-state index in [4.69, 9.17) is 14.2 Å². The molecule has 0 radical (unpaired) electrons. The van der Waals surface area contributed by atoms with E-state index in [1.54, 1.807) is 6.20 Å². The lowest BCUT2D eigenvalue weighted by atomic mass is 10.0. The molecule has 2 aromatic heterocycles. The zero-order valence-corrected chi connectivity index (χ0v) is 16.4. The molecule has 4 rings (SSSR count). The van der Waals surface area contributed by atoms with Crippen molar-refractivity contribution in [2.75, 3.05) is 26.3 Å². The largest absolute Gasteiger partial charge is 0.484 e. The highest BCUT2D eigenvalue weighted by Crippen LogP contribution is 2.34. The summed E-state index contributed by atoms with van der Waals surface area (Å²) >= 11 is 0. The van der Waals surface area contributed by atoms with E-state index in [1.807, 2.05) is 20.8 Å². The van der Waals surface area contributed by atoms with Crippen molar-refractivity contribution in [1.82, 2.24) is 19.9 Å². The summed E-state index contributed by atoms with van der Waals surface area (Å²) in [6.45, 7) is 8.21. The molecule has 0 saturated carbocycles. The Labute approximate surface area is 163 Å². The third-order valence-corrected chi connectivity index (χ3v) is 5.25. The fraction of sp³-hybridized carbons (Fsp3) is 0.550. The fourth-order valence-electron chi connectivity index (χ4n) is 3.60. The van der Waals surface area contributed by atoms with Crippen molar-refractivity contribution < 1.29 is 18.6 Å². The molecular weight excluding hydrogens is 363 g/mol. The average Bonchev–Trinajstić information content (AvgIpc) is 2.70. The van der Waals surface area contributed by atoms with Gasteiger partial charge >= 0.3 is 0 Å². The molecule has 4 heterocycles. The fourth-order valence-corrected chi connectivity index (χ4v) is 3.60. The van der Waals surface area contributed by atoms with Crippen molar-refractivity contribution in [3.05, 3.63) is 35.2 Å². The lowest BCUT2D eigenvalue weighted by Crippen LogP contribution is -2.40. The molecule has 2 aromatic rings. The number of piperidine rings is 1. The van der Waals surface area contributed by atoms with Gasteiger partial charge in [-0.3, -0.25) is 9.88 Å². The summed E-state index contributed by atoms with van der Waals surface area (Å²) < 4.78 is 31.5. The zero-order chi connectivity index (χ0) is 19.7. The number of hydrogen-bond acceptors (Lipinski definition) is 7. The summed E-state index contributed by atoms with van der Waals surface area (Å²) in [6, 6.07) is 1.22. The summed E-state index contributed by atoms with van der Waals surface area (Å²) in [5.74, 6) is 0.995. The van der Waals surface area contributed by atoms with Gasteiger partial charge in [-0.05, 0) is 33.6 Å². The molecule has 2 aliphatic rings. The molecule has 1 unspecified atom stereocenters. The van der Waals surface area contributed by atoms with Gasteiger partial charge in [0.25, 0.3) is 5.88 Å². The minimum Gasteiger partial charge on any atom is -0.484 e. The van der Waals surface area contributed by atoms with Gasteiger partial charge in [0.05, 0.1) is 23.1 Å². The van der Waals surface area contributed by atoms with Crippen LogP contribution in [0.1, 0.15) is 42.9 Å². The van der Waals surface area contributed by atoms with Crippen molar-refractivity contribution in [2.45, 2.75) is 45.8 Å². The Hall–Kier alpha value is -2.48. The van der Waals surface area contributed by atoms with Crippen LogP contribution in [0.15, 0.2) is 12.3 Å². The van der Waals surface area contributed by atoms with E-state index in [0.717, 1.165) is 37.3 Å². The molecule has 1 saturated heterocycles. The van der Waals surface area contributed by atoms with Crippen LogP contribution in [-0.4, -0.2) is 52.3 Å². The van der Waals surface area contributed by atoms with E-state index >= 15 is 0 Å². The Morgan fingerprint density at radius 3 is 2.71 bits per heavy atom. The second-order valence-electron chi connectivity index (χ2n) is 7.29. The van der Waals surface area contributed by atoms with Gasteiger partial charge in [0.15, 0.2) is 5.75 Å². The van der Waals surface area contributed by atoms with Crippen LogP contribution in [0.3, 0.4) is 0 Å². The predicted molar refractivity (Wildman–Crippen MR) is 100 cm³/mol. The molecule has 1 fully saturated rings. The molecule has 2 aliphatic heterocycles. The van der Waals surface area contributed by atoms with Gasteiger partial charge in [-0.1, -0.05) is 0 Å². The van der Waals surface area contributed by atoms with Crippen LogP contribution in [-0.2, 0) is 0 Å². The van der Waals surface area contributed by atoms with Crippen LogP contribution >= 0.6 is 0 Å². The second-order valence-corrected chi connectivity index (χ2v) is 7.29. The quantitative estimate of drug-likeness (QED) is 0.797. The Kier molecular flexibility index (Phi) is 5.30. The molecule has 150 valence electrons. The lowest BCUT2D eigenvalue weighted by Gasteiger charge is -2.36. The molecule has 0 aromatic carbocycles. The summed E-state index contributed by atoms with van der Waals surface area (Å²) in [6.07, 6.45) is 3.50. The standard InChI is InChI=1S/C20H25FN4O3/c1-12-11-22-13(2)19(23-12)28-15-4-6-25(7-5-15)14(3)18-16(21)10-17-20(24-18)27-9-8-26-17/h10-11,14-15H,4-9H2,1-3H3. The van der Waals surface area contributed by atoms with Crippen LogP contribution < -0.4 is 14.2 Å². The number of ether oxygens (including phenoxy) is 3. The zero-order valence-electron chi connectivity index (χ0n) is 16.4. The minimum atomic E-state index is -0.360. The van der Waals surface area contributed by atoms with Crippen LogP contribution in [0.4, 0.5) is 4.39 Å². The first-order chi connectivity index (χ1) is 13.5. The van der Waals surface area contributed by atoms with Crippen LogP contribution in [0.25, 0.3) is 0 Å². The number of rotatable bonds is 4. The van der Waals surface area contributed by atoms with Crippen molar-refractivity contribution in [3.8, 4) is 17.5 Å². The lowest BCUT2D eigenvalue weighted by molar-refractivity contribution is 0.0732. The third-order valence-electron chi connectivity index (χ3n) is 5.25. The number of likely N-dealkylation sites (tertiary alicyclic amines) is 1. The van der Waals surface area contributed by atoms with Crippen LogP contribution in [0.5, 0.6) is 17.5 Å². The summed E-state index contributed by atoms with van der Waals surface area (Å²) in [4.78, 5) is 15.3. The van der Waals surface area contributed by atoms with Gasteiger partial charge in [0.2, 0.25) is 5.88 Å². The van der Waals surface area contributed by atoms with Crippen molar-refractivity contribution >= 4 is 0 Å². The smallest absolute Gasteiger partial charge is 0.257 e. The maximum atomic E-state index is 14.6. The Morgan fingerprint density at radius 2 is 1.93 bits per heavy atom. The number of halogens is 1. The number of pyridine rings is 1. The molecule has 0 N–H and O–H groups in total. The van der Waals surface area contributed by atoms with E-state index in [-0.39, 0.29) is 18.0 Å². The number of aromatic nitrogens is 3. The highest BCUT2D eigenvalue weighted by atomic mass is 19.1. The molecule has 0 amide bonds. The average molecular weight is 388 g/mol. The van der Waals surface area contributed by atoms with Gasteiger partial charge in [-0.2, -0.15) is 0 Å². The maximum absolute atomic E-state index is 14.6. The number of hydrogen-bond donors (Lipinski definition) is 0. The molecule has 7 nitrogen and oxygen atoms in total. The number of nitrogens with zero attached hydrogens (tertiary/aromatic N) is 4. The number of aryl methyl sites for hydroxylation is 2. The summed E-state index contributed by atoms with van der Waals surface area (Å²) in [5, 5.41) is 0. The first-order valence-electron chi connectivity index (χ1n) is 9.68. The van der Waals surface area contributed by atoms with Crippen molar-refractivity contribution in [1.29, 1.82) is 0 Å². The molecule has 28 heavy (non-hydrogen) atoms. The van der Waals surface area contributed by atoms with Gasteiger partial charge in [0, 0.05) is 25.4 Å². The molecule has 8 heteroatoms. The molecule has 1 atom stereocenters. The number of fused-ring (bicyclic) bond motifs is 1. The van der Waals surface area contributed by atoms with Crippen LogP contribution in [0, 0.1) is 19.7 Å². The van der Waals surface area contributed by atoms with Gasteiger partial charge in [-0.15, -0.1) is 0 Å². The third kappa shape index (κ3) is 3.87. The summed E-state index contributed by atoms with van der Waals surface area (Å²) in [7, 11) is 0. The Balaban J connectivity index is 1.40. The van der Waals surface area contributed by atoms with Crippen molar-refractivity contribution in [3.63, 3.8) is 0 Å². The van der Waals surface area contributed by atoms with Gasteiger partial charge < -0.3 is 14.2 Å². The normalized spacial score (nSPS) is 18.7. The molecule has 0 bridgehead atoms. The van der Waals surface area contributed by atoms with E-state index in [0.29, 0.717) is 36.4 Å². The second kappa shape index (κ2) is 7.87.